The van der Waals surface area contributed by atoms with Gasteiger partial charge in [-0.15, -0.1) is 0 Å². The quantitative estimate of drug-likeness (QED) is 0.594. The first-order valence-corrected chi connectivity index (χ1v) is 9.19. The van der Waals surface area contributed by atoms with Crippen LogP contribution in [0.1, 0.15) is 6.23 Å². The minimum absolute atomic E-state index is 0.184. The molecule has 0 spiro atoms. The summed E-state index contributed by atoms with van der Waals surface area (Å²) < 4.78 is 21.2. The summed E-state index contributed by atoms with van der Waals surface area (Å²) in [6.07, 6.45) is -4.31. The molecule has 0 unspecified atom stereocenters. The number of hydrogen-bond donors (Lipinski definition) is 3. The van der Waals surface area contributed by atoms with Crippen molar-refractivity contribution in [1.29, 1.82) is 0 Å². The van der Waals surface area contributed by atoms with Gasteiger partial charge in [-0.1, -0.05) is 29.4 Å². The smallest absolute Gasteiger partial charge is 0.186 e. The van der Waals surface area contributed by atoms with Crippen LogP contribution in [0, 0.1) is 0 Å². The Labute approximate surface area is 162 Å². The summed E-state index contributed by atoms with van der Waals surface area (Å²) in [5.74, 6) is 0.184. The van der Waals surface area contributed by atoms with Gasteiger partial charge >= 0.3 is 0 Å². The van der Waals surface area contributed by atoms with E-state index in [0.717, 1.165) is 4.90 Å². The van der Waals surface area contributed by atoms with E-state index in [0.29, 0.717) is 15.4 Å². The maximum Gasteiger partial charge on any atom is 0.186 e. The van der Waals surface area contributed by atoms with Crippen molar-refractivity contribution in [3.63, 3.8) is 0 Å². The summed E-state index contributed by atoms with van der Waals surface area (Å²) in [7, 11) is 0. The van der Waals surface area contributed by atoms with Crippen molar-refractivity contribution < 1.29 is 19.3 Å². The summed E-state index contributed by atoms with van der Waals surface area (Å²) >= 11 is 7.29. The van der Waals surface area contributed by atoms with Crippen molar-refractivity contribution in [2.24, 2.45) is 0 Å². The van der Waals surface area contributed by atoms with Gasteiger partial charge in [0.05, 0.1) is 12.0 Å². The number of aliphatic hydroxyl groups excluding tert-OH is 2. The number of rotatable bonds is 4. The van der Waals surface area contributed by atoms with Gasteiger partial charge in [0.15, 0.2) is 18.0 Å². The highest BCUT2D eigenvalue weighted by Gasteiger charge is 2.46. The molecule has 0 bridgehead atoms. The Hall–Kier alpha value is -1.98. The van der Waals surface area contributed by atoms with Gasteiger partial charge in [0.1, 0.15) is 29.4 Å². The fraction of sp³-hybridized carbons (Fsp3) is 0.312. The molecule has 1 aliphatic heterocycles. The number of anilines is 1. The first-order chi connectivity index (χ1) is 13.0. The second-order valence-corrected chi connectivity index (χ2v) is 7.45. The maximum absolute atomic E-state index is 14.6. The molecule has 142 valence electrons. The van der Waals surface area contributed by atoms with Crippen molar-refractivity contribution in [2.75, 3.05) is 12.3 Å². The fourth-order valence-electron chi connectivity index (χ4n) is 2.91. The van der Waals surface area contributed by atoms with E-state index < -0.39 is 31.2 Å². The predicted octanol–water partition coefficient (Wildman–Crippen LogP) is 1.80. The lowest BCUT2D eigenvalue weighted by molar-refractivity contribution is -0.0509. The number of alkyl halides is 1. The number of nitrogens with zero attached hydrogens (tertiary/aromatic N) is 4. The van der Waals surface area contributed by atoms with Gasteiger partial charge in [0.2, 0.25) is 0 Å². The minimum atomic E-state index is -1.79. The lowest BCUT2D eigenvalue weighted by Gasteiger charge is -2.13. The molecule has 8 nitrogen and oxygen atoms in total. The van der Waals surface area contributed by atoms with Crippen LogP contribution in [0.5, 0.6) is 0 Å². The van der Waals surface area contributed by atoms with Crippen LogP contribution >= 0.6 is 23.4 Å². The molecule has 1 fully saturated rings. The number of aromatic nitrogens is 4. The zero-order valence-electron chi connectivity index (χ0n) is 13.7. The molecule has 2 aromatic heterocycles. The molecule has 4 rings (SSSR count). The number of hydrogen-bond acceptors (Lipinski definition) is 8. The summed E-state index contributed by atoms with van der Waals surface area (Å²) in [6.45, 7) is -0.515. The molecule has 0 radical (unpaired) electrons. The molecule has 0 amide bonds. The average Bonchev–Trinajstić information content (AvgIpc) is 3.14. The Bertz CT molecular complexity index is 990. The number of nitrogen functional groups attached to an aromatic ring is 1. The molecule has 4 N–H and O–H groups in total. The van der Waals surface area contributed by atoms with Gasteiger partial charge in [0.25, 0.3) is 0 Å². The molecular formula is C16H15ClFN5O3S. The first kappa shape index (κ1) is 18.4. The molecule has 11 heteroatoms. The van der Waals surface area contributed by atoms with Crippen LogP contribution in [0.15, 0.2) is 40.5 Å². The second-order valence-electron chi connectivity index (χ2n) is 5.95. The Kier molecular flexibility index (Phi) is 4.91. The van der Waals surface area contributed by atoms with Crippen LogP contribution in [0.25, 0.3) is 11.0 Å². The van der Waals surface area contributed by atoms with E-state index in [-0.39, 0.29) is 11.5 Å². The van der Waals surface area contributed by atoms with Crippen molar-refractivity contribution in [3.8, 4) is 0 Å². The van der Waals surface area contributed by atoms with Crippen LogP contribution in [-0.4, -0.2) is 54.9 Å². The number of halogens is 2. The van der Waals surface area contributed by atoms with Crippen LogP contribution in [-0.2, 0) is 4.74 Å². The van der Waals surface area contributed by atoms with Crippen molar-refractivity contribution >= 4 is 40.2 Å². The third-order valence-corrected chi connectivity index (χ3v) is 5.42. The standard InChI is InChI=1S/C16H15ClFN5O3S/c17-7-2-1-3-8(4-7)27-15-10-13(19)20-6-21-14(10)23(22-15)16-11(18)12(25)9(5-24)26-16/h1-4,6,9,11-12,16,24-25H,5H2,(H2,19,20,21)/t9-,11+,12-,16-/m1/s1. The zero-order chi connectivity index (χ0) is 19.1. The van der Waals surface area contributed by atoms with Gasteiger partial charge in [-0.2, -0.15) is 5.10 Å². The van der Waals surface area contributed by atoms with Gasteiger partial charge in [0, 0.05) is 9.92 Å². The van der Waals surface area contributed by atoms with E-state index in [9.17, 15) is 14.6 Å². The Morgan fingerprint density at radius 2 is 2.19 bits per heavy atom. The van der Waals surface area contributed by atoms with Crippen LogP contribution in [0.3, 0.4) is 0 Å². The van der Waals surface area contributed by atoms with E-state index in [1.54, 1.807) is 18.2 Å². The number of nitrogens with two attached hydrogens (primary N) is 1. The molecule has 3 heterocycles. The minimum Gasteiger partial charge on any atom is -0.394 e. The van der Waals surface area contributed by atoms with E-state index in [2.05, 4.69) is 15.1 Å². The third-order valence-electron chi connectivity index (χ3n) is 4.21. The van der Waals surface area contributed by atoms with Crippen LogP contribution in [0.2, 0.25) is 5.02 Å². The summed E-state index contributed by atoms with van der Waals surface area (Å²) in [5, 5.41) is 25.0. The molecule has 27 heavy (non-hydrogen) atoms. The third kappa shape index (κ3) is 3.23. The molecule has 4 atom stereocenters. The Balaban J connectivity index is 1.80. The van der Waals surface area contributed by atoms with Gasteiger partial charge in [-0.25, -0.2) is 19.0 Å². The number of fused-ring (bicyclic) bond motifs is 1. The van der Waals surface area contributed by atoms with Crippen LogP contribution < -0.4 is 5.73 Å². The number of aliphatic hydroxyl groups is 2. The molecule has 0 aliphatic carbocycles. The Morgan fingerprint density at radius 1 is 1.37 bits per heavy atom. The lowest BCUT2D eigenvalue weighted by Crippen LogP contribution is -2.30. The van der Waals surface area contributed by atoms with Gasteiger partial charge in [-0.3, -0.25) is 0 Å². The molecule has 1 saturated heterocycles. The normalized spacial score (nSPS) is 25.3. The van der Waals surface area contributed by atoms with E-state index in [4.69, 9.17) is 22.1 Å². The largest absolute Gasteiger partial charge is 0.394 e. The monoisotopic (exact) mass is 411 g/mol. The van der Waals surface area contributed by atoms with Crippen molar-refractivity contribution in [2.45, 2.75) is 34.5 Å². The maximum atomic E-state index is 14.6. The molecule has 1 aliphatic rings. The first-order valence-electron chi connectivity index (χ1n) is 8.00. The van der Waals surface area contributed by atoms with E-state index >= 15 is 0 Å². The highest BCUT2D eigenvalue weighted by atomic mass is 35.5. The molecule has 0 saturated carbocycles. The summed E-state index contributed by atoms with van der Waals surface area (Å²) in [6, 6.07) is 7.14. The van der Waals surface area contributed by atoms with Gasteiger partial charge < -0.3 is 20.7 Å². The molecule has 1 aromatic carbocycles. The number of benzene rings is 1. The van der Waals surface area contributed by atoms with Crippen molar-refractivity contribution in [3.05, 3.63) is 35.6 Å². The summed E-state index contributed by atoms with van der Waals surface area (Å²) in [4.78, 5) is 8.94. The molecular weight excluding hydrogens is 397 g/mol. The Morgan fingerprint density at radius 3 is 2.89 bits per heavy atom. The average molecular weight is 412 g/mol. The predicted molar refractivity (Wildman–Crippen MR) is 97.2 cm³/mol. The SMILES string of the molecule is Nc1ncnc2c1c(Sc1cccc(Cl)c1)nn2[C@@H]1O[C@H](CO)[C@@H](O)[C@@H]1F. The van der Waals surface area contributed by atoms with Crippen molar-refractivity contribution in [1.82, 2.24) is 19.7 Å². The molecule has 3 aromatic rings. The topological polar surface area (TPSA) is 119 Å². The highest BCUT2D eigenvalue weighted by Crippen LogP contribution is 2.39. The van der Waals surface area contributed by atoms with Gasteiger partial charge in [-0.05, 0) is 18.2 Å². The van der Waals surface area contributed by atoms with E-state index in [1.165, 1.54) is 22.8 Å². The van der Waals surface area contributed by atoms with Crippen LogP contribution in [0.4, 0.5) is 10.2 Å². The second kappa shape index (κ2) is 7.21. The highest BCUT2D eigenvalue weighted by molar-refractivity contribution is 7.99. The fourth-order valence-corrected chi connectivity index (χ4v) is 4.14. The zero-order valence-corrected chi connectivity index (χ0v) is 15.3. The van der Waals surface area contributed by atoms with E-state index in [1.807, 2.05) is 6.07 Å². The lowest BCUT2D eigenvalue weighted by atomic mass is 10.1. The number of ether oxygens (including phenoxy) is 1. The summed E-state index contributed by atoms with van der Waals surface area (Å²) in [5.41, 5.74) is 6.27.